The van der Waals surface area contributed by atoms with E-state index in [1.807, 2.05) is 0 Å². The van der Waals surface area contributed by atoms with Crippen LogP contribution < -0.4 is 10.6 Å². The van der Waals surface area contributed by atoms with Crippen LogP contribution in [0.2, 0.25) is 0 Å². The van der Waals surface area contributed by atoms with Crippen LogP contribution in [-0.2, 0) is 9.53 Å². The number of aliphatic hydroxyl groups is 1. The molecule has 6 heteroatoms. The van der Waals surface area contributed by atoms with Crippen molar-refractivity contribution in [1.82, 2.24) is 10.6 Å². The number of carbonyl (C=O) groups is 1. The number of carbonyl (C=O) groups excluding carboxylic acids is 1. The highest BCUT2D eigenvalue weighted by Crippen LogP contribution is 2.32. The zero-order valence-corrected chi connectivity index (χ0v) is 15.1. The van der Waals surface area contributed by atoms with E-state index in [-0.39, 0.29) is 30.3 Å². The molecule has 0 aromatic carbocycles. The molecule has 22 heavy (non-hydrogen) atoms. The van der Waals surface area contributed by atoms with Gasteiger partial charge < -0.3 is 20.5 Å². The Hall–Kier alpha value is -0.360. The minimum Gasteiger partial charge on any atom is -0.396 e. The number of amides is 1. The van der Waals surface area contributed by atoms with Crippen LogP contribution in [0.3, 0.4) is 0 Å². The Bertz CT molecular complexity index is 311. The predicted molar refractivity (Wildman–Crippen MR) is 91.4 cm³/mol. The van der Waals surface area contributed by atoms with Crippen molar-refractivity contribution >= 4 is 18.3 Å². The SMILES string of the molecule is CCC(CC)(CCO)CNC(=O)C1(COC)CCNCC1.Cl. The molecule has 1 amide bonds. The molecule has 0 aromatic rings. The summed E-state index contributed by atoms with van der Waals surface area (Å²) in [6.07, 6.45) is 4.29. The van der Waals surface area contributed by atoms with Gasteiger partial charge in [-0.2, -0.15) is 0 Å². The van der Waals surface area contributed by atoms with Crippen molar-refractivity contribution in [2.45, 2.75) is 46.0 Å². The molecule has 0 saturated carbocycles. The summed E-state index contributed by atoms with van der Waals surface area (Å²) in [5, 5.41) is 15.7. The van der Waals surface area contributed by atoms with Gasteiger partial charge in [0, 0.05) is 20.3 Å². The van der Waals surface area contributed by atoms with Crippen molar-refractivity contribution in [1.29, 1.82) is 0 Å². The number of halogens is 1. The molecule has 0 bridgehead atoms. The van der Waals surface area contributed by atoms with Gasteiger partial charge in [-0.25, -0.2) is 0 Å². The quantitative estimate of drug-likeness (QED) is 0.599. The Kier molecular flexibility index (Phi) is 10.3. The first kappa shape index (κ1) is 21.6. The summed E-state index contributed by atoms with van der Waals surface area (Å²) in [4.78, 5) is 12.7. The Labute approximate surface area is 141 Å². The van der Waals surface area contributed by atoms with Gasteiger partial charge in [0.25, 0.3) is 0 Å². The minimum atomic E-state index is -0.396. The highest BCUT2D eigenvalue weighted by atomic mass is 35.5. The lowest BCUT2D eigenvalue weighted by molar-refractivity contribution is -0.136. The first-order valence-electron chi connectivity index (χ1n) is 8.17. The zero-order chi connectivity index (χ0) is 15.8. The lowest BCUT2D eigenvalue weighted by atomic mass is 9.76. The van der Waals surface area contributed by atoms with Gasteiger partial charge in [0.1, 0.15) is 0 Å². The molecule has 3 N–H and O–H groups in total. The second-order valence-electron chi connectivity index (χ2n) is 6.33. The lowest BCUT2D eigenvalue weighted by Gasteiger charge is -2.38. The highest BCUT2D eigenvalue weighted by Gasteiger charge is 2.40. The molecule has 1 aliphatic rings. The number of methoxy groups -OCH3 is 1. The van der Waals surface area contributed by atoms with E-state index in [0.717, 1.165) is 45.2 Å². The molecule has 0 aromatic heterocycles. The molecule has 0 atom stereocenters. The standard InChI is InChI=1S/C16H32N2O3.ClH/c1-4-15(5-2,8-11-19)12-18-14(20)16(13-21-3)6-9-17-10-7-16;/h17,19H,4-13H2,1-3H3,(H,18,20);1H. The second-order valence-corrected chi connectivity index (χ2v) is 6.33. The molecule has 1 aliphatic heterocycles. The van der Waals surface area contributed by atoms with E-state index in [9.17, 15) is 9.90 Å². The van der Waals surface area contributed by atoms with Crippen molar-refractivity contribution in [3.8, 4) is 0 Å². The molecule has 5 nitrogen and oxygen atoms in total. The van der Waals surface area contributed by atoms with Crippen molar-refractivity contribution < 1.29 is 14.6 Å². The normalized spacial score (nSPS) is 17.6. The fraction of sp³-hybridized carbons (Fsp3) is 0.938. The Morgan fingerprint density at radius 1 is 1.32 bits per heavy atom. The van der Waals surface area contributed by atoms with Crippen LogP contribution >= 0.6 is 12.4 Å². The molecule has 0 radical (unpaired) electrons. The molecule has 1 saturated heterocycles. The molecule has 0 unspecified atom stereocenters. The van der Waals surface area contributed by atoms with Crippen LogP contribution in [0.5, 0.6) is 0 Å². The van der Waals surface area contributed by atoms with Crippen LogP contribution in [0, 0.1) is 10.8 Å². The topological polar surface area (TPSA) is 70.6 Å². The van der Waals surface area contributed by atoms with Crippen LogP contribution in [0.4, 0.5) is 0 Å². The Morgan fingerprint density at radius 3 is 2.36 bits per heavy atom. The van der Waals surface area contributed by atoms with Crippen LogP contribution in [-0.4, -0.2) is 51.0 Å². The van der Waals surface area contributed by atoms with Gasteiger partial charge in [-0.05, 0) is 50.6 Å². The number of hydrogen-bond acceptors (Lipinski definition) is 4. The van der Waals surface area contributed by atoms with Crippen molar-refractivity contribution in [3.63, 3.8) is 0 Å². The van der Waals surface area contributed by atoms with E-state index >= 15 is 0 Å². The summed E-state index contributed by atoms with van der Waals surface area (Å²) in [6, 6.07) is 0. The maximum atomic E-state index is 12.7. The van der Waals surface area contributed by atoms with Gasteiger partial charge in [-0.3, -0.25) is 4.79 Å². The Balaban J connectivity index is 0.00000441. The van der Waals surface area contributed by atoms with E-state index < -0.39 is 5.41 Å². The summed E-state index contributed by atoms with van der Waals surface area (Å²) in [5.74, 6) is 0.107. The summed E-state index contributed by atoms with van der Waals surface area (Å²) in [6.45, 7) is 7.26. The lowest BCUT2D eigenvalue weighted by Crippen LogP contribution is -2.52. The van der Waals surface area contributed by atoms with E-state index in [0.29, 0.717) is 13.2 Å². The Morgan fingerprint density at radius 2 is 1.91 bits per heavy atom. The monoisotopic (exact) mass is 336 g/mol. The second kappa shape index (κ2) is 10.4. The van der Waals surface area contributed by atoms with Crippen molar-refractivity contribution in [2.24, 2.45) is 10.8 Å². The van der Waals surface area contributed by atoms with Crippen LogP contribution in [0.1, 0.15) is 46.0 Å². The van der Waals surface area contributed by atoms with Crippen molar-refractivity contribution in [3.05, 3.63) is 0 Å². The molecule has 132 valence electrons. The average molecular weight is 337 g/mol. The summed E-state index contributed by atoms with van der Waals surface area (Å²) < 4.78 is 5.31. The maximum Gasteiger partial charge on any atom is 0.228 e. The average Bonchev–Trinajstić information content (AvgIpc) is 2.52. The van der Waals surface area contributed by atoms with E-state index in [4.69, 9.17) is 4.74 Å². The first-order chi connectivity index (χ1) is 10.1. The van der Waals surface area contributed by atoms with E-state index in [1.54, 1.807) is 7.11 Å². The van der Waals surface area contributed by atoms with Gasteiger partial charge in [0.2, 0.25) is 5.91 Å². The van der Waals surface area contributed by atoms with E-state index in [1.165, 1.54) is 0 Å². The van der Waals surface area contributed by atoms with Gasteiger partial charge >= 0.3 is 0 Å². The highest BCUT2D eigenvalue weighted by molar-refractivity contribution is 5.85. The number of aliphatic hydroxyl groups excluding tert-OH is 1. The number of piperidine rings is 1. The third-order valence-corrected chi connectivity index (χ3v) is 5.23. The van der Waals surface area contributed by atoms with Gasteiger partial charge in [0.15, 0.2) is 0 Å². The molecule has 1 rings (SSSR count). The fourth-order valence-electron chi connectivity index (χ4n) is 3.25. The summed E-state index contributed by atoms with van der Waals surface area (Å²) >= 11 is 0. The third-order valence-electron chi connectivity index (χ3n) is 5.23. The smallest absolute Gasteiger partial charge is 0.228 e. The number of ether oxygens (including phenoxy) is 1. The van der Waals surface area contributed by atoms with Crippen molar-refractivity contribution in [2.75, 3.05) is 40.0 Å². The van der Waals surface area contributed by atoms with Gasteiger partial charge in [-0.15, -0.1) is 12.4 Å². The van der Waals surface area contributed by atoms with Gasteiger partial charge in [0.05, 0.1) is 12.0 Å². The van der Waals surface area contributed by atoms with Crippen LogP contribution in [0.25, 0.3) is 0 Å². The van der Waals surface area contributed by atoms with E-state index in [2.05, 4.69) is 24.5 Å². The first-order valence-corrected chi connectivity index (χ1v) is 8.17. The summed E-state index contributed by atoms with van der Waals surface area (Å²) in [7, 11) is 1.66. The number of rotatable bonds is 9. The molecule has 0 spiro atoms. The third kappa shape index (κ3) is 5.37. The minimum absolute atomic E-state index is 0. The molecular formula is C16H33ClN2O3. The van der Waals surface area contributed by atoms with Crippen LogP contribution in [0.15, 0.2) is 0 Å². The summed E-state index contributed by atoms with van der Waals surface area (Å²) in [5.41, 5.74) is -0.391. The van der Waals surface area contributed by atoms with Gasteiger partial charge in [-0.1, -0.05) is 13.8 Å². The molecular weight excluding hydrogens is 304 g/mol. The molecule has 1 heterocycles. The number of nitrogens with one attached hydrogen (secondary N) is 2. The number of hydrogen-bond donors (Lipinski definition) is 3. The largest absolute Gasteiger partial charge is 0.396 e. The predicted octanol–water partition coefficient (Wildman–Crippen LogP) is 1.73. The fourth-order valence-corrected chi connectivity index (χ4v) is 3.25. The zero-order valence-electron chi connectivity index (χ0n) is 14.2. The molecule has 0 aliphatic carbocycles. The maximum absolute atomic E-state index is 12.7. The molecule has 1 fully saturated rings.